The van der Waals surface area contributed by atoms with Gasteiger partial charge in [0.25, 0.3) is 5.91 Å². The number of carbonyl (C=O) groups excluding carboxylic acids is 1. The highest BCUT2D eigenvalue weighted by molar-refractivity contribution is 9.09. The molecule has 0 unspecified atom stereocenters. The van der Waals surface area contributed by atoms with Crippen molar-refractivity contribution < 1.29 is 18.3 Å². The molecule has 27 heavy (non-hydrogen) atoms. The lowest BCUT2D eigenvalue weighted by atomic mass is 10.1. The Morgan fingerprint density at radius 1 is 1.22 bits per heavy atom. The van der Waals surface area contributed by atoms with Crippen LogP contribution in [0.1, 0.15) is 10.4 Å². The van der Waals surface area contributed by atoms with Crippen molar-refractivity contribution in [2.75, 3.05) is 17.3 Å². The second kappa shape index (κ2) is 8.30. The van der Waals surface area contributed by atoms with E-state index in [4.69, 9.17) is 4.74 Å². The van der Waals surface area contributed by atoms with Gasteiger partial charge in [0.15, 0.2) is 0 Å². The first-order chi connectivity index (χ1) is 13.0. The lowest BCUT2D eigenvalue weighted by Gasteiger charge is -2.14. The van der Waals surface area contributed by atoms with Crippen LogP contribution in [-0.4, -0.2) is 27.6 Å². The number of anilines is 1. The highest BCUT2D eigenvalue weighted by Crippen LogP contribution is 2.32. The second-order valence-corrected chi connectivity index (χ2v) is 6.46. The van der Waals surface area contributed by atoms with Gasteiger partial charge in [-0.25, -0.2) is 8.78 Å². The molecular weight excluding hydrogens is 420 g/mol. The third-order valence-corrected chi connectivity index (χ3v) is 4.17. The lowest BCUT2D eigenvalue weighted by molar-refractivity contribution is 0.102. The molecule has 3 aromatic rings. The van der Waals surface area contributed by atoms with Crippen molar-refractivity contribution in [3.8, 4) is 17.0 Å². The molecule has 0 bridgehead atoms. The lowest BCUT2D eigenvalue weighted by Crippen LogP contribution is -2.14. The summed E-state index contributed by atoms with van der Waals surface area (Å²) in [7, 11) is 1.79. The quantitative estimate of drug-likeness (QED) is 0.584. The van der Waals surface area contributed by atoms with Crippen LogP contribution < -0.4 is 10.1 Å². The van der Waals surface area contributed by atoms with Crippen LogP contribution in [0, 0.1) is 11.6 Å². The van der Waals surface area contributed by atoms with Crippen LogP contribution >= 0.6 is 15.9 Å². The van der Waals surface area contributed by atoms with Gasteiger partial charge in [-0.3, -0.25) is 9.48 Å². The van der Waals surface area contributed by atoms with Crippen molar-refractivity contribution in [2.45, 2.75) is 0 Å². The van der Waals surface area contributed by atoms with Gasteiger partial charge < -0.3 is 10.1 Å². The summed E-state index contributed by atoms with van der Waals surface area (Å²) in [6.07, 6.45) is 1.66. The van der Waals surface area contributed by atoms with Gasteiger partial charge >= 0.3 is 0 Å². The van der Waals surface area contributed by atoms with Gasteiger partial charge in [-0.15, -0.1) is 0 Å². The number of carbonyl (C=O) groups is 1. The number of rotatable bonds is 6. The molecule has 0 radical (unpaired) electrons. The molecule has 5 nitrogen and oxygen atoms in total. The number of aromatic nitrogens is 2. The van der Waals surface area contributed by atoms with E-state index in [0.717, 1.165) is 23.4 Å². The van der Waals surface area contributed by atoms with Crippen LogP contribution in [0.2, 0.25) is 0 Å². The minimum Gasteiger partial charge on any atom is -0.492 e. The van der Waals surface area contributed by atoms with Crippen molar-refractivity contribution in [2.24, 2.45) is 7.05 Å². The van der Waals surface area contributed by atoms with E-state index >= 15 is 0 Å². The fourth-order valence-corrected chi connectivity index (χ4v) is 2.75. The first kappa shape index (κ1) is 19.0. The molecule has 0 saturated carbocycles. The highest BCUT2D eigenvalue weighted by atomic mass is 79.9. The van der Waals surface area contributed by atoms with Crippen molar-refractivity contribution in [3.63, 3.8) is 0 Å². The Morgan fingerprint density at radius 3 is 2.70 bits per heavy atom. The molecule has 2 aromatic carbocycles. The second-order valence-electron chi connectivity index (χ2n) is 5.67. The Bertz CT molecular complexity index is 975. The van der Waals surface area contributed by atoms with Crippen LogP contribution in [0.4, 0.5) is 14.5 Å². The number of ether oxygens (including phenoxy) is 1. The number of halogens is 3. The predicted octanol–water partition coefficient (Wildman–Crippen LogP) is 4.39. The van der Waals surface area contributed by atoms with E-state index < -0.39 is 17.5 Å². The van der Waals surface area contributed by atoms with E-state index in [2.05, 4.69) is 26.3 Å². The number of benzene rings is 2. The molecule has 0 spiro atoms. The molecule has 1 heterocycles. The zero-order valence-electron chi connectivity index (χ0n) is 14.4. The molecule has 0 fully saturated rings. The Hall–Kier alpha value is -2.74. The Balaban J connectivity index is 1.92. The summed E-state index contributed by atoms with van der Waals surface area (Å²) in [5.41, 5.74) is 1.74. The average molecular weight is 436 g/mol. The first-order valence-corrected chi connectivity index (χ1v) is 9.19. The molecule has 8 heteroatoms. The molecule has 1 amide bonds. The van der Waals surface area contributed by atoms with E-state index in [-0.39, 0.29) is 5.56 Å². The third-order valence-electron chi connectivity index (χ3n) is 3.84. The number of nitrogens with one attached hydrogen (secondary N) is 1. The number of amides is 1. The topological polar surface area (TPSA) is 56.2 Å². The summed E-state index contributed by atoms with van der Waals surface area (Å²) >= 11 is 3.32. The summed E-state index contributed by atoms with van der Waals surface area (Å²) < 4.78 is 34.3. The van der Waals surface area contributed by atoms with E-state index in [0.29, 0.717) is 29.4 Å². The molecule has 0 aliphatic carbocycles. The van der Waals surface area contributed by atoms with Crippen LogP contribution in [-0.2, 0) is 7.05 Å². The summed E-state index contributed by atoms with van der Waals surface area (Å²) in [6, 6.07) is 9.74. The molecular formula is C19H16BrF2N3O2. The van der Waals surface area contributed by atoms with Crippen LogP contribution in [0.3, 0.4) is 0 Å². The monoisotopic (exact) mass is 435 g/mol. The summed E-state index contributed by atoms with van der Waals surface area (Å²) in [6.45, 7) is 0.470. The number of hydrogen-bond donors (Lipinski definition) is 1. The van der Waals surface area contributed by atoms with Crippen molar-refractivity contribution in [1.82, 2.24) is 9.78 Å². The maximum atomic E-state index is 13.8. The molecule has 0 aliphatic rings. The molecule has 1 aromatic heterocycles. The van der Waals surface area contributed by atoms with Crippen LogP contribution in [0.25, 0.3) is 11.3 Å². The summed E-state index contributed by atoms with van der Waals surface area (Å²) in [5, 5.41) is 7.45. The molecule has 140 valence electrons. The minimum atomic E-state index is -0.920. The van der Waals surface area contributed by atoms with Gasteiger partial charge in [-0.05, 0) is 36.4 Å². The third kappa shape index (κ3) is 4.33. The van der Waals surface area contributed by atoms with Gasteiger partial charge in [0.05, 0.1) is 17.9 Å². The molecule has 0 aliphatic heterocycles. The number of aryl methyl sites for hydroxylation is 1. The molecule has 0 saturated heterocycles. The molecule has 0 atom stereocenters. The van der Waals surface area contributed by atoms with E-state index in [1.165, 1.54) is 0 Å². The van der Waals surface area contributed by atoms with Gasteiger partial charge in [-0.1, -0.05) is 15.9 Å². The number of alkyl halides is 1. The van der Waals surface area contributed by atoms with Gasteiger partial charge in [0.1, 0.15) is 17.4 Å². The SMILES string of the molecule is Cn1nccc1-c1cc(NC(=O)c2ccc(F)cc2F)ccc1OCCBr. The van der Waals surface area contributed by atoms with E-state index in [1.807, 2.05) is 6.07 Å². The highest BCUT2D eigenvalue weighted by Gasteiger charge is 2.15. The molecule has 3 rings (SSSR count). The standard InChI is InChI=1S/C19H16BrF2N3O2/c1-25-17(6-8-23-25)15-11-13(3-5-18(15)27-9-7-20)24-19(26)14-4-2-12(21)10-16(14)22/h2-6,8,10-11H,7,9H2,1H3,(H,24,26). The van der Waals surface area contributed by atoms with Gasteiger partial charge in [0, 0.05) is 35.9 Å². The zero-order chi connectivity index (χ0) is 19.4. The summed E-state index contributed by atoms with van der Waals surface area (Å²) in [5.74, 6) is -1.70. The number of hydrogen-bond acceptors (Lipinski definition) is 3. The largest absolute Gasteiger partial charge is 0.492 e. The van der Waals surface area contributed by atoms with Crippen LogP contribution in [0.5, 0.6) is 5.75 Å². The van der Waals surface area contributed by atoms with Gasteiger partial charge in [-0.2, -0.15) is 5.10 Å². The number of nitrogens with zero attached hydrogens (tertiary/aromatic N) is 2. The van der Waals surface area contributed by atoms with E-state index in [9.17, 15) is 13.6 Å². The average Bonchev–Trinajstić information content (AvgIpc) is 3.06. The van der Waals surface area contributed by atoms with Crippen molar-refractivity contribution in [3.05, 3.63) is 65.9 Å². The van der Waals surface area contributed by atoms with E-state index in [1.54, 1.807) is 36.1 Å². The maximum Gasteiger partial charge on any atom is 0.258 e. The van der Waals surface area contributed by atoms with Crippen molar-refractivity contribution >= 4 is 27.5 Å². The Kier molecular flexibility index (Phi) is 5.85. The molecule has 1 N–H and O–H groups in total. The van der Waals surface area contributed by atoms with Crippen LogP contribution in [0.15, 0.2) is 48.7 Å². The Labute approximate surface area is 163 Å². The summed E-state index contributed by atoms with van der Waals surface area (Å²) in [4.78, 5) is 12.3. The maximum absolute atomic E-state index is 13.8. The smallest absolute Gasteiger partial charge is 0.258 e. The normalized spacial score (nSPS) is 10.7. The van der Waals surface area contributed by atoms with Crippen molar-refractivity contribution in [1.29, 1.82) is 0 Å². The van der Waals surface area contributed by atoms with Gasteiger partial charge in [0.2, 0.25) is 0 Å². The fraction of sp³-hybridized carbons (Fsp3) is 0.158. The first-order valence-electron chi connectivity index (χ1n) is 8.07. The predicted molar refractivity (Wildman–Crippen MR) is 102 cm³/mol. The minimum absolute atomic E-state index is 0.238. The zero-order valence-corrected chi connectivity index (χ0v) is 16.0. The Morgan fingerprint density at radius 2 is 2.04 bits per heavy atom. The fourth-order valence-electron chi connectivity index (χ4n) is 2.59.